The number of hydrogen-bond donors (Lipinski definition) is 2. The minimum atomic E-state index is -3.54. The number of aliphatic hydroxyl groups excluding tert-OH is 1. The highest BCUT2D eigenvalue weighted by molar-refractivity contribution is 7.89. The Kier molecular flexibility index (Phi) is 6.61. The maximum absolute atomic E-state index is 12.3. The molecule has 20 heavy (non-hydrogen) atoms. The van der Waals surface area contributed by atoms with Crippen LogP contribution in [0.2, 0.25) is 0 Å². The van der Waals surface area contributed by atoms with Crippen LogP contribution < -0.4 is 4.72 Å². The van der Waals surface area contributed by atoms with E-state index in [1.54, 1.807) is 12.1 Å². The summed E-state index contributed by atoms with van der Waals surface area (Å²) in [5.74, 6) is 0. The smallest absolute Gasteiger partial charge is 0.240 e. The monoisotopic (exact) mass is 300 g/mol. The molecule has 1 atom stereocenters. The molecule has 0 saturated carbocycles. The lowest BCUT2D eigenvalue weighted by molar-refractivity contribution is 0.281. The number of hydrogen-bond acceptors (Lipinski definition) is 4. The fourth-order valence-corrected chi connectivity index (χ4v) is 3.35. The van der Waals surface area contributed by atoms with Crippen LogP contribution in [0.5, 0.6) is 0 Å². The standard InChI is InChI=1S/C14H24N2O3S/c1-4-16(5-2)10-12(3)15-20(18,19)14-8-6-7-13(9-14)11-17/h6-9,12,15,17H,4-5,10-11H2,1-3H3. The average molecular weight is 300 g/mol. The molecule has 5 nitrogen and oxygen atoms in total. The minimum absolute atomic E-state index is 0.168. The Balaban J connectivity index is 2.78. The molecule has 0 heterocycles. The first-order chi connectivity index (χ1) is 9.42. The molecule has 1 aromatic rings. The first-order valence-electron chi connectivity index (χ1n) is 6.87. The number of sulfonamides is 1. The molecule has 0 amide bonds. The van der Waals surface area contributed by atoms with Gasteiger partial charge in [0.1, 0.15) is 0 Å². The van der Waals surface area contributed by atoms with E-state index < -0.39 is 10.0 Å². The number of nitrogens with one attached hydrogen (secondary N) is 1. The van der Waals surface area contributed by atoms with Crippen molar-refractivity contribution >= 4 is 10.0 Å². The van der Waals surface area contributed by atoms with Crippen molar-refractivity contribution in [3.63, 3.8) is 0 Å². The summed E-state index contributed by atoms with van der Waals surface area (Å²) in [5, 5.41) is 9.07. The Morgan fingerprint density at radius 3 is 2.50 bits per heavy atom. The molecular weight excluding hydrogens is 276 g/mol. The Labute approximate surface area is 121 Å². The van der Waals surface area contributed by atoms with Crippen molar-refractivity contribution in [2.24, 2.45) is 0 Å². The second-order valence-corrected chi connectivity index (χ2v) is 6.53. The van der Waals surface area contributed by atoms with E-state index in [1.165, 1.54) is 12.1 Å². The summed E-state index contributed by atoms with van der Waals surface area (Å²) in [4.78, 5) is 2.35. The first kappa shape index (κ1) is 17.1. The molecule has 1 aromatic carbocycles. The molecule has 0 aromatic heterocycles. The van der Waals surface area contributed by atoms with Gasteiger partial charge in [-0.25, -0.2) is 13.1 Å². The van der Waals surface area contributed by atoms with Crippen LogP contribution in [0.25, 0.3) is 0 Å². The highest BCUT2D eigenvalue weighted by Gasteiger charge is 2.18. The third kappa shape index (κ3) is 4.86. The van der Waals surface area contributed by atoms with Crippen LogP contribution in [0.4, 0.5) is 0 Å². The van der Waals surface area contributed by atoms with Gasteiger partial charge in [0.05, 0.1) is 11.5 Å². The zero-order valence-corrected chi connectivity index (χ0v) is 13.2. The highest BCUT2D eigenvalue weighted by atomic mass is 32.2. The molecule has 114 valence electrons. The van der Waals surface area contributed by atoms with E-state index in [0.29, 0.717) is 12.1 Å². The van der Waals surface area contributed by atoms with Gasteiger partial charge in [0.25, 0.3) is 0 Å². The predicted molar refractivity (Wildman–Crippen MR) is 79.9 cm³/mol. The Morgan fingerprint density at radius 2 is 1.95 bits per heavy atom. The SMILES string of the molecule is CCN(CC)CC(C)NS(=O)(=O)c1cccc(CO)c1. The van der Waals surface area contributed by atoms with E-state index in [1.807, 2.05) is 6.92 Å². The summed E-state index contributed by atoms with van der Waals surface area (Å²) in [6.45, 7) is 8.24. The van der Waals surface area contributed by atoms with Gasteiger partial charge >= 0.3 is 0 Å². The highest BCUT2D eigenvalue weighted by Crippen LogP contribution is 2.12. The molecule has 0 aliphatic carbocycles. The van der Waals surface area contributed by atoms with Crippen molar-refractivity contribution in [3.05, 3.63) is 29.8 Å². The molecule has 0 saturated heterocycles. The lowest BCUT2D eigenvalue weighted by atomic mass is 10.2. The minimum Gasteiger partial charge on any atom is -0.392 e. The molecule has 0 radical (unpaired) electrons. The molecule has 6 heteroatoms. The van der Waals surface area contributed by atoms with E-state index in [-0.39, 0.29) is 17.5 Å². The quantitative estimate of drug-likeness (QED) is 0.756. The zero-order chi connectivity index (χ0) is 15.2. The van der Waals surface area contributed by atoms with E-state index in [0.717, 1.165) is 13.1 Å². The van der Waals surface area contributed by atoms with Gasteiger partial charge in [-0.3, -0.25) is 0 Å². The van der Waals surface area contributed by atoms with Gasteiger partial charge in [-0.15, -0.1) is 0 Å². The molecule has 2 N–H and O–H groups in total. The summed E-state index contributed by atoms with van der Waals surface area (Å²) in [6, 6.07) is 6.18. The summed E-state index contributed by atoms with van der Waals surface area (Å²) in [7, 11) is -3.54. The molecular formula is C14H24N2O3S. The fraction of sp³-hybridized carbons (Fsp3) is 0.571. The summed E-state index contributed by atoms with van der Waals surface area (Å²) < 4.78 is 27.2. The van der Waals surface area contributed by atoms with E-state index in [9.17, 15) is 8.42 Å². The topological polar surface area (TPSA) is 69.6 Å². The Bertz CT molecular complexity index is 513. The zero-order valence-electron chi connectivity index (χ0n) is 12.3. The molecule has 1 rings (SSSR count). The lowest BCUT2D eigenvalue weighted by Crippen LogP contribution is -2.41. The molecule has 0 aliphatic rings. The van der Waals surface area contributed by atoms with E-state index in [2.05, 4.69) is 23.5 Å². The van der Waals surface area contributed by atoms with E-state index in [4.69, 9.17) is 5.11 Å². The number of likely N-dealkylation sites (N-methyl/N-ethyl adjacent to an activating group) is 1. The summed E-state index contributed by atoms with van der Waals surface area (Å²) in [6.07, 6.45) is 0. The van der Waals surface area contributed by atoms with E-state index >= 15 is 0 Å². The van der Waals surface area contributed by atoms with Gasteiger partial charge in [-0.05, 0) is 37.7 Å². The summed E-state index contributed by atoms with van der Waals surface area (Å²) in [5.41, 5.74) is 0.587. The number of nitrogens with zero attached hydrogens (tertiary/aromatic N) is 1. The molecule has 0 aliphatic heterocycles. The van der Waals surface area contributed by atoms with Crippen molar-refractivity contribution in [2.45, 2.75) is 38.3 Å². The van der Waals surface area contributed by atoms with Crippen LogP contribution in [-0.2, 0) is 16.6 Å². The van der Waals surface area contributed by atoms with Gasteiger partial charge in [-0.1, -0.05) is 26.0 Å². The number of rotatable bonds is 8. The Morgan fingerprint density at radius 1 is 1.30 bits per heavy atom. The second-order valence-electron chi connectivity index (χ2n) is 4.81. The van der Waals surface area contributed by atoms with Gasteiger partial charge in [0, 0.05) is 12.6 Å². The van der Waals surface area contributed by atoms with Crippen LogP contribution in [0.3, 0.4) is 0 Å². The molecule has 0 spiro atoms. The first-order valence-corrected chi connectivity index (χ1v) is 8.35. The lowest BCUT2D eigenvalue weighted by Gasteiger charge is -2.23. The molecule has 0 bridgehead atoms. The van der Waals surface area contributed by atoms with Gasteiger partial charge in [0.15, 0.2) is 0 Å². The van der Waals surface area contributed by atoms with Crippen LogP contribution in [-0.4, -0.2) is 44.1 Å². The van der Waals surface area contributed by atoms with Crippen LogP contribution in [0.1, 0.15) is 26.3 Å². The van der Waals surface area contributed by atoms with Crippen molar-refractivity contribution < 1.29 is 13.5 Å². The van der Waals surface area contributed by atoms with Crippen LogP contribution >= 0.6 is 0 Å². The maximum atomic E-state index is 12.3. The predicted octanol–water partition coefficient (Wildman–Crippen LogP) is 1.19. The fourth-order valence-electron chi connectivity index (χ4n) is 2.05. The van der Waals surface area contributed by atoms with Crippen molar-refractivity contribution in [2.75, 3.05) is 19.6 Å². The van der Waals surface area contributed by atoms with Crippen LogP contribution in [0, 0.1) is 0 Å². The number of aliphatic hydroxyl groups is 1. The normalized spacial score (nSPS) is 13.7. The molecule has 0 fully saturated rings. The second kappa shape index (κ2) is 7.73. The molecule has 1 unspecified atom stereocenters. The third-order valence-electron chi connectivity index (χ3n) is 3.17. The largest absolute Gasteiger partial charge is 0.392 e. The van der Waals surface area contributed by atoms with Crippen molar-refractivity contribution in [3.8, 4) is 0 Å². The van der Waals surface area contributed by atoms with Crippen molar-refractivity contribution in [1.82, 2.24) is 9.62 Å². The third-order valence-corrected chi connectivity index (χ3v) is 4.76. The van der Waals surface area contributed by atoms with Gasteiger partial charge in [0.2, 0.25) is 10.0 Å². The average Bonchev–Trinajstić information content (AvgIpc) is 2.44. The van der Waals surface area contributed by atoms with Gasteiger partial charge < -0.3 is 10.0 Å². The summed E-state index contributed by atoms with van der Waals surface area (Å²) >= 11 is 0. The number of benzene rings is 1. The van der Waals surface area contributed by atoms with Gasteiger partial charge in [-0.2, -0.15) is 0 Å². The van der Waals surface area contributed by atoms with Crippen LogP contribution in [0.15, 0.2) is 29.2 Å². The Hall–Kier alpha value is -0.950. The maximum Gasteiger partial charge on any atom is 0.240 e. The van der Waals surface area contributed by atoms with Crippen molar-refractivity contribution in [1.29, 1.82) is 0 Å².